The Balaban J connectivity index is 2.49. The van der Waals surface area contributed by atoms with Crippen LogP contribution in [0.3, 0.4) is 0 Å². The van der Waals surface area contributed by atoms with E-state index in [-0.39, 0.29) is 11.7 Å². The van der Waals surface area contributed by atoms with Crippen molar-refractivity contribution in [2.75, 3.05) is 38.5 Å². The number of rotatable bonds is 6. The fourth-order valence-corrected chi connectivity index (χ4v) is 3.63. The molecule has 112 valence electrons. The van der Waals surface area contributed by atoms with Crippen LogP contribution in [0.2, 0.25) is 0 Å². The summed E-state index contributed by atoms with van der Waals surface area (Å²) in [6, 6.07) is 0. The number of carbonyl (C=O) groups excluding carboxylic acids is 1. The van der Waals surface area contributed by atoms with Crippen LogP contribution >= 0.6 is 0 Å². The maximum absolute atomic E-state index is 12.2. The highest BCUT2D eigenvalue weighted by Gasteiger charge is 2.28. The summed E-state index contributed by atoms with van der Waals surface area (Å²) in [6.07, 6.45) is 0. The minimum atomic E-state index is -3.33. The monoisotopic (exact) mass is 291 g/mol. The minimum Gasteiger partial charge on any atom is -0.356 e. The first-order chi connectivity index (χ1) is 8.83. The third-order valence-corrected chi connectivity index (χ3v) is 5.14. The third kappa shape index (κ3) is 5.46. The first kappa shape index (κ1) is 16.4. The Morgan fingerprint density at radius 3 is 2.37 bits per heavy atom. The largest absolute Gasteiger partial charge is 0.356 e. The van der Waals surface area contributed by atoms with Crippen LogP contribution in [0.1, 0.15) is 20.8 Å². The normalized spacial score (nSPS) is 19.4. The Hall–Kier alpha value is -0.660. The molecule has 0 radical (unpaired) electrons. The van der Waals surface area contributed by atoms with Gasteiger partial charge < -0.3 is 10.6 Å². The van der Waals surface area contributed by atoms with Gasteiger partial charge in [0.05, 0.1) is 11.7 Å². The lowest BCUT2D eigenvalue weighted by atomic mass is 10.2. The Kier molecular flexibility index (Phi) is 6.22. The van der Waals surface area contributed by atoms with Gasteiger partial charge in [0, 0.05) is 32.7 Å². The summed E-state index contributed by atoms with van der Waals surface area (Å²) < 4.78 is 25.8. The lowest BCUT2D eigenvalue weighted by Gasteiger charge is -2.27. The second kappa shape index (κ2) is 7.21. The van der Waals surface area contributed by atoms with Crippen LogP contribution < -0.4 is 10.6 Å². The lowest BCUT2D eigenvalue weighted by molar-refractivity contribution is -0.124. The molecule has 1 atom stereocenters. The molecule has 1 unspecified atom stereocenters. The maximum Gasteiger partial charge on any atom is 0.223 e. The lowest BCUT2D eigenvalue weighted by Crippen LogP contribution is -2.48. The molecule has 0 aliphatic carbocycles. The number of piperazine rings is 1. The second-order valence-corrected chi connectivity index (χ2v) is 7.48. The van der Waals surface area contributed by atoms with E-state index in [1.54, 1.807) is 6.92 Å². The summed E-state index contributed by atoms with van der Waals surface area (Å²) in [5, 5.41) is 5.88. The first-order valence-electron chi connectivity index (χ1n) is 6.79. The van der Waals surface area contributed by atoms with Gasteiger partial charge in [-0.1, -0.05) is 20.8 Å². The number of amides is 1. The smallest absolute Gasteiger partial charge is 0.223 e. The summed E-state index contributed by atoms with van der Waals surface area (Å²) in [7, 11) is -3.33. The zero-order chi connectivity index (χ0) is 14.5. The summed E-state index contributed by atoms with van der Waals surface area (Å²) in [4.78, 5) is 11.8. The topological polar surface area (TPSA) is 78.5 Å². The van der Waals surface area contributed by atoms with E-state index >= 15 is 0 Å². The van der Waals surface area contributed by atoms with E-state index in [4.69, 9.17) is 0 Å². The number of carbonyl (C=O) groups is 1. The summed E-state index contributed by atoms with van der Waals surface area (Å²) in [5.74, 6) is -0.455. The highest BCUT2D eigenvalue weighted by Crippen LogP contribution is 2.09. The Morgan fingerprint density at radius 2 is 1.84 bits per heavy atom. The molecular formula is C12H25N3O3S. The fourth-order valence-electron chi connectivity index (χ4n) is 1.90. The van der Waals surface area contributed by atoms with Crippen LogP contribution in [-0.4, -0.2) is 57.1 Å². The van der Waals surface area contributed by atoms with Crippen LogP contribution in [0.4, 0.5) is 0 Å². The van der Waals surface area contributed by atoms with Crippen LogP contribution in [0.15, 0.2) is 0 Å². The van der Waals surface area contributed by atoms with Gasteiger partial charge in [-0.15, -0.1) is 0 Å². The highest BCUT2D eigenvalue weighted by atomic mass is 32.2. The molecule has 19 heavy (non-hydrogen) atoms. The fraction of sp³-hybridized carbons (Fsp3) is 0.917. The van der Waals surface area contributed by atoms with Gasteiger partial charge in [0.1, 0.15) is 0 Å². The number of hydrogen-bond donors (Lipinski definition) is 2. The van der Waals surface area contributed by atoms with Crippen molar-refractivity contribution in [3.8, 4) is 0 Å². The molecule has 0 aromatic heterocycles. The first-order valence-corrected chi connectivity index (χ1v) is 8.40. The molecule has 0 aromatic rings. The second-order valence-electron chi connectivity index (χ2n) is 5.47. The van der Waals surface area contributed by atoms with Gasteiger partial charge in [0.15, 0.2) is 0 Å². The predicted octanol–water partition coefficient (Wildman–Crippen LogP) is -0.370. The van der Waals surface area contributed by atoms with Gasteiger partial charge >= 0.3 is 0 Å². The molecule has 6 nitrogen and oxygen atoms in total. The highest BCUT2D eigenvalue weighted by molar-refractivity contribution is 7.89. The van der Waals surface area contributed by atoms with Crippen molar-refractivity contribution in [1.82, 2.24) is 14.9 Å². The van der Waals surface area contributed by atoms with E-state index in [0.29, 0.717) is 38.6 Å². The van der Waals surface area contributed by atoms with Crippen molar-refractivity contribution in [1.29, 1.82) is 0 Å². The van der Waals surface area contributed by atoms with Crippen molar-refractivity contribution in [2.45, 2.75) is 20.8 Å². The molecule has 0 spiro atoms. The number of hydrogen-bond acceptors (Lipinski definition) is 4. The maximum atomic E-state index is 12.2. The molecule has 1 fully saturated rings. The third-order valence-electron chi connectivity index (χ3n) is 3.06. The molecule has 0 bridgehead atoms. The molecular weight excluding hydrogens is 266 g/mol. The van der Waals surface area contributed by atoms with Crippen molar-refractivity contribution in [3.63, 3.8) is 0 Å². The van der Waals surface area contributed by atoms with Crippen molar-refractivity contribution < 1.29 is 13.2 Å². The van der Waals surface area contributed by atoms with E-state index in [2.05, 4.69) is 10.6 Å². The molecule has 1 heterocycles. The Morgan fingerprint density at radius 1 is 1.26 bits per heavy atom. The average molecular weight is 291 g/mol. The molecule has 1 saturated heterocycles. The van der Waals surface area contributed by atoms with Crippen LogP contribution in [0.5, 0.6) is 0 Å². The Labute approximate surface area is 116 Å². The van der Waals surface area contributed by atoms with E-state index in [9.17, 15) is 13.2 Å². The van der Waals surface area contributed by atoms with Crippen molar-refractivity contribution in [2.24, 2.45) is 11.8 Å². The van der Waals surface area contributed by atoms with Crippen LogP contribution in [0, 0.1) is 11.8 Å². The van der Waals surface area contributed by atoms with Gasteiger partial charge in [-0.3, -0.25) is 4.79 Å². The number of nitrogens with one attached hydrogen (secondary N) is 2. The Bertz CT molecular complexity index is 389. The molecule has 1 aliphatic heterocycles. The summed E-state index contributed by atoms with van der Waals surface area (Å²) in [5.41, 5.74) is 0. The summed E-state index contributed by atoms with van der Waals surface area (Å²) in [6.45, 7) is 8.57. The van der Waals surface area contributed by atoms with Crippen molar-refractivity contribution in [3.05, 3.63) is 0 Å². The zero-order valence-electron chi connectivity index (χ0n) is 12.0. The van der Waals surface area contributed by atoms with Crippen LogP contribution in [0.25, 0.3) is 0 Å². The predicted molar refractivity (Wildman–Crippen MR) is 75.2 cm³/mol. The molecule has 7 heteroatoms. The molecule has 0 aromatic carbocycles. The summed E-state index contributed by atoms with van der Waals surface area (Å²) >= 11 is 0. The van der Waals surface area contributed by atoms with E-state index in [1.807, 2.05) is 13.8 Å². The molecule has 1 rings (SSSR count). The minimum absolute atomic E-state index is 0.114. The molecule has 0 saturated carbocycles. The SMILES string of the molecule is CC(C)CNC(=O)C(C)CS(=O)(=O)N1CCNCC1. The molecule has 2 N–H and O–H groups in total. The van der Waals surface area contributed by atoms with Gasteiger partial charge in [-0.2, -0.15) is 4.31 Å². The van der Waals surface area contributed by atoms with Crippen molar-refractivity contribution >= 4 is 15.9 Å². The van der Waals surface area contributed by atoms with E-state index in [0.717, 1.165) is 0 Å². The molecule has 1 amide bonds. The van der Waals surface area contributed by atoms with E-state index in [1.165, 1.54) is 4.31 Å². The van der Waals surface area contributed by atoms with Gasteiger partial charge in [0.25, 0.3) is 0 Å². The number of nitrogens with zero attached hydrogens (tertiary/aromatic N) is 1. The van der Waals surface area contributed by atoms with Gasteiger partial charge in [-0.05, 0) is 5.92 Å². The number of sulfonamides is 1. The van der Waals surface area contributed by atoms with Gasteiger partial charge in [0.2, 0.25) is 15.9 Å². The quantitative estimate of drug-likeness (QED) is 0.700. The standard InChI is InChI=1S/C12H25N3O3S/c1-10(2)8-14-12(16)11(3)9-19(17,18)15-6-4-13-5-7-15/h10-11,13H,4-9H2,1-3H3,(H,14,16). The van der Waals surface area contributed by atoms with Crippen LogP contribution in [-0.2, 0) is 14.8 Å². The van der Waals surface area contributed by atoms with Gasteiger partial charge in [-0.25, -0.2) is 8.42 Å². The van der Waals surface area contributed by atoms with E-state index < -0.39 is 15.9 Å². The zero-order valence-corrected chi connectivity index (χ0v) is 12.8. The average Bonchev–Trinajstić information content (AvgIpc) is 2.36. The molecule has 1 aliphatic rings.